The van der Waals surface area contributed by atoms with Gasteiger partial charge in [-0.05, 0) is 75.9 Å². The van der Waals surface area contributed by atoms with E-state index in [1.165, 1.54) is 17.0 Å². The maximum atomic E-state index is 14.2. The fraction of sp³-hybridized carbons (Fsp3) is 0.375. The highest BCUT2D eigenvalue weighted by atomic mass is 35.5. The van der Waals surface area contributed by atoms with Gasteiger partial charge in [-0.3, -0.25) is 13.9 Å². The van der Waals surface area contributed by atoms with Crippen LogP contribution in [0.3, 0.4) is 0 Å². The Balaban J connectivity index is 2.10. The van der Waals surface area contributed by atoms with Crippen molar-refractivity contribution >= 4 is 39.1 Å². The maximum Gasteiger partial charge on any atom is 0.264 e. The van der Waals surface area contributed by atoms with Crippen molar-refractivity contribution in [3.63, 3.8) is 0 Å². The molecule has 0 saturated carbocycles. The minimum atomic E-state index is -4.17. The molecule has 0 spiro atoms. The molecule has 0 aliphatic rings. The van der Waals surface area contributed by atoms with E-state index in [-0.39, 0.29) is 23.4 Å². The lowest BCUT2D eigenvalue weighted by molar-refractivity contribution is -0.140. The summed E-state index contributed by atoms with van der Waals surface area (Å²) in [5.74, 6) is -0.762. The van der Waals surface area contributed by atoms with Crippen LogP contribution in [-0.2, 0) is 26.2 Å². The van der Waals surface area contributed by atoms with Crippen LogP contribution in [0.4, 0.5) is 5.69 Å². The zero-order chi connectivity index (χ0) is 30.3. The third-order valence-corrected chi connectivity index (χ3v) is 9.16. The Morgan fingerprint density at radius 2 is 1.59 bits per heavy atom. The first kappa shape index (κ1) is 32.2. The van der Waals surface area contributed by atoms with Crippen LogP contribution in [0.2, 0.25) is 5.02 Å². The smallest absolute Gasteiger partial charge is 0.264 e. The molecule has 0 heterocycles. The van der Waals surface area contributed by atoms with Gasteiger partial charge in [-0.15, -0.1) is 0 Å². The van der Waals surface area contributed by atoms with E-state index in [1.807, 2.05) is 58.9 Å². The van der Waals surface area contributed by atoms with E-state index in [0.717, 1.165) is 27.4 Å². The van der Waals surface area contributed by atoms with E-state index >= 15 is 0 Å². The summed E-state index contributed by atoms with van der Waals surface area (Å²) in [6, 6.07) is 18.3. The summed E-state index contributed by atoms with van der Waals surface area (Å²) in [4.78, 5) is 29.2. The highest BCUT2D eigenvalue weighted by Crippen LogP contribution is 2.30. The first-order chi connectivity index (χ1) is 19.4. The average Bonchev–Trinajstić information content (AvgIpc) is 2.93. The monoisotopic (exact) mass is 597 g/mol. The van der Waals surface area contributed by atoms with E-state index in [4.69, 9.17) is 11.6 Å². The summed E-state index contributed by atoms with van der Waals surface area (Å²) in [5.41, 5.74) is 3.72. The number of nitrogens with zero attached hydrogens (tertiary/aromatic N) is 2. The van der Waals surface area contributed by atoms with Crippen molar-refractivity contribution in [2.75, 3.05) is 10.8 Å². The molecular formula is C32H40ClN3O4S. The van der Waals surface area contributed by atoms with E-state index in [9.17, 15) is 18.0 Å². The van der Waals surface area contributed by atoms with Crippen molar-refractivity contribution in [1.82, 2.24) is 10.2 Å². The number of amides is 2. The maximum absolute atomic E-state index is 14.2. The number of carbonyl (C=O) groups is 2. The lowest BCUT2D eigenvalue weighted by Crippen LogP contribution is -2.53. The average molecular weight is 598 g/mol. The zero-order valence-electron chi connectivity index (χ0n) is 24.6. The van der Waals surface area contributed by atoms with Gasteiger partial charge in [-0.1, -0.05) is 79.0 Å². The van der Waals surface area contributed by atoms with Gasteiger partial charge >= 0.3 is 0 Å². The molecule has 2 atom stereocenters. The zero-order valence-corrected chi connectivity index (χ0v) is 26.2. The molecule has 0 bridgehead atoms. The van der Waals surface area contributed by atoms with Gasteiger partial charge in [-0.2, -0.15) is 0 Å². The van der Waals surface area contributed by atoms with Crippen molar-refractivity contribution < 1.29 is 18.0 Å². The largest absolute Gasteiger partial charge is 0.352 e. The molecule has 3 aromatic rings. The molecule has 0 fully saturated rings. The molecule has 0 radical (unpaired) electrons. The summed E-state index contributed by atoms with van der Waals surface area (Å²) in [5, 5.41) is 3.34. The highest BCUT2D eigenvalue weighted by Gasteiger charge is 2.34. The van der Waals surface area contributed by atoms with E-state index in [2.05, 4.69) is 5.32 Å². The molecule has 0 aliphatic carbocycles. The second kappa shape index (κ2) is 14.0. The third kappa shape index (κ3) is 8.11. The van der Waals surface area contributed by atoms with Gasteiger partial charge in [0.25, 0.3) is 10.0 Å². The van der Waals surface area contributed by atoms with E-state index < -0.39 is 28.5 Å². The molecule has 3 aromatic carbocycles. The first-order valence-electron chi connectivity index (χ1n) is 13.9. The normalized spacial score (nSPS) is 12.9. The summed E-state index contributed by atoms with van der Waals surface area (Å²) in [7, 11) is -4.17. The van der Waals surface area contributed by atoms with Gasteiger partial charge in [0.15, 0.2) is 0 Å². The molecule has 0 aromatic heterocycles. The van der Waals surface area contributed by atoms with Gasteiger partial charge in [0, 0.05) is 17.6 Å². The second-order valence-corrected chi connectivity index (χ2v) is 12.8. The van der Waals surface area contributed by atoms with Crippen LogP contribution >= 0.6 is 11.6 Å². The van der Waals surface area contributed by atoms with E-state index in [0.29, 0.717) is 22.7 Å². The SMILES string of the molecule is CCC(C)NC(=O)C(CC)N(Cc1cccc(C)c1)C(=O)CN(c1cc(Cl)ccc1C)S(=O)(=O)c1ccc(C)cc1. The number of halogens is 1. The van der Waals surface area contributed by atoms with Crippen LogP contribution in [0.25, 0.3) is 0 Å². The third-order valence-electron chi connectivity index (χ3n) is 7.15. The van der Waals surface area contributed by atoms with Gasteiger partial charge in [0.2, 0.25) is 11.8 Å². The van der Waals surface area contributed by atoms with Gasteiger partial charge in [0.05, 0.1) is 10.6 Å². The Hall–Kier alpha value is -3.36. The predicted molar refractivity (Wildman–Crippen MR) is 166 cm³/mol. The minimum absolute atomic E-state index is 0.0575. The van der Waals surface area contributed by atoms with Crippen LogP contribution < -0.4 is 9.62 Å². The molecule has 7 nitrogen and oxygen atoms in total. The van der Waals surface area contributed by atoms with Crippen molar-refractivity contribution in [3.05, 3.63) is 94.0 Å². The summed E-state index contributed by atoms with van der Waals surface area (Å²) < 4.78 is 29.2. The van der Waals surface area contributed by atoms with Crippen LogP contribution in [-0.4, -0.2) is 43.8 Å². The summed E-state index contributed by atoms with van der Waals surface area (Å²) in [6.45, 7) is 11.0. The molecule has 2 unspecified atom stereocenters. The van der Waals surface area contributed by atoms with Crippen molar-refractivity contribution in [3.8, 4) is 0 Å². The molecule has 3 rings (SSSR count). The molecule has 9 heteroatoms. The Kier molecular flexibility index (Phi) is 11.0. The predicted octanol–water partition coefficient (Wildman–Crippen LogP) is 6.18. The van der Waals surface area contributed by atoms with Gasteiger partial charge in [-0.25, -0.2) is 8.42 Å². The molecule has 0 aliphatic heterocycles. The Morgan fingerprint density at radius 3 is 2.20 bits per heavy atom. The van der Waals surface area contributed by atoms with Crippen molar-refractivity contribution in [1.29, 1.82) is 0 Å². The Morgan fingerprint density at radius 1 is 0.902 bits per heavy atom. The molecule has 0 saturated heterocycles. The topological polar surface area (TPSA) is 86.8 Å². The number of rotatable bonds is 12. The number of aryl methyl sites for hydroxylation is 3. The Bertz CT molecular complexity index is 1470. The minimum Gasteiger partial charge on any atom is -0.352 e. The highest BCUT2D eigenvalue weighted by molar-refractivity contribution is 7.92. The van der Waals surface area contributed by atoms with Crippen LogP contribution in [0.1, 0.15) is 55.9 Å². The molecule has 2 amide bonds. The van der Waals surface area contributed by atoms with Gasteiger partial charge < -0.3 is 10.2 Å². The molecule has 41 heavy (non-hydrogen) atoms. The molecule has 1 N–H and O–H groups in total. The lowest BCUT2D eigenvalue weighted by atomic mass is 10.1. The Labute approximate surface area is 249 Å². The first-order valence-corrected chi connectivity index (χ1v) is 15.7. The van der Waals surface area contributed by atoms with Crippen molar-refractivity contribution in [2.24, 2.45) is 0 Å². The quantitative estimate of drug-likeness (QED) is 0.270. The van der Waals surface area contributed by atoms with Crippen LogP contribution in [0.5, 0.6) is 0 Å². The van der Waals surface area contributed by atoms with Gasteiger partial charge in [0.1, 0.15) is 12.6 Å². The lowest BCUT2D eigenvalue weighted by Gasteiger charge is -2.34. The fourth-order valence-electron chi connectivity index (χ4n) is 4.57. The number of anilines is 1. The molecular weight excluding hydrogens is 558 g/mol. The van der Waals surface area contributed by atoms with E-state index in [1.54, 1.807) is 37.3 Å². The summed E-state index contributed by atoms with van der Waals surface area (Å²) in [6.07, 6.45) is 1.10. The number of carbonyl (C=O) groups excluding carboxylic acids is 2. The number of hydrogen-bond donors (Lipinski definition) is 1. The van der Waals surface area contributed by atoms with Crippen molar-refractivity contribution in [2.45, 2.75) is 77.9 Å². The standard InChI is InChI=1S/C32H40ClN3O4S/c1-7-25(6)34-32(38)29(8-2)35(20-26-11-9-10-23(4)18-26)31(37)21-36(30-19-27(33)15-14-24(30)5)41(39,40)28-16-12-22(3)13-17-28/h9-19,25,29H,7-8,20-21H2,1-6H3,(H,34,38). The van der Waals surface area contributed by atoms with Crippen LogP contribution in [0, 0.1) is 20.8 Å². The second-order valence-electron chi connectivity index (χ2n) is 10.5. The number of hydrogen-bond acceptors (Lipinski definition) is 4. The number of nitrogens with one attached hydrogen (secondary N) is 1. The number of sulfonamides is 1. The molecule has 220 valence electrons. The number of benzene rings is 3. The van der Waals surface area contributed by atoms with Crippen LogP contribution in [0.15, 0.2) is 71.6 Å². The fourth-order valence-corrected chi connectivity index (χ4v) is 6.21. The summed E-state index contributed by atoms with van der Waals surface area (Å²) >= 11 is 6.31.